The van der Waals surface area contributed by atoms with Crippen LogP contribution in [0.2, 0.25) is 0 Å². The molecule has 134 valence electrons. The van der Waals surface area contributed by atoms with Crippen molar-refractivity contribution in [2.45, 2.75) is 11.8 Å². The van der Waals surface area contributed by atoms with Gasteiger partial charge in [-0.1, -0.05) is 30.0 Å². The first-order valence-corrected chi connectivity index (χ1v) is 9.28. The summed E-state index contributed by atoms with van der Waals surface area (Å²) in [6.45, 7) is 1.62. The van der Waals surface area contributed by atoms with Crippen molar-refractivity contribution in [1.29, 1.82) is 0 Å². The van der Waals surface area contributed by atoms with Crippen molar-refractivity contribution in [3.05, 3.63) is 48.0 Å². The average molecular weight is 370 g/mol. The number of amides is 1. The molecule has 0 fully saturated rings. The third kappa shape index (κ3) is 3.62. The van der Waals surface area contributed by atoms with Crippen LogP contribution in [0.1, 0.15) is 5.56 Å². The summed E-state index contributed by atoms with van der Waals surface area (Å²) >= 11 is 1.30. The van der Waals surface area contributed by atoms with Gasteiger partial charge in [0.25, 0.3) is 5.22 Å². The van der Waals surface area contributed by atoms with E-state index < -0.39 is 0 Å². The zero-order valence-electron chi connectivity index (χ0n) is 14.3. The monoisotopic (exact) mass is 370 g/mol. The van der Waals surface area contributed by atoms with Crippen LogP contribution in [0.15, 0.2) is 52.1 Å². The van der Waals surface area contributed by atoms with Crippen LogP contribution in [0.3, 0.4) is 0 Å². The minimum atomic E-state index is 0.00662. The summed E-state index contributed by atoms with van der Waals surface area (Å²) in [5, 5.41) is 0.507. The molecule has 1 amide bonds. The van der Waals surface area contributed by atoms with Gasteiger partial charge in [0.05, 0.1) is 5.75 Å². The van der Waals surface area contributed by atoms with Gasteiger partial charge in [0.2, 0.25) is 5.91 Å². The third-order valence-electron chi connectivity index (χ3n) is 4.05. The highest BCUT2D eigenvalue weighted by atomic mass is 32.2. The molecule has 0 N–H and O–H groups in total. The van der Waals surface area contributed by atoms with Crippen molar-refractivity contribution in [3.63, 3.8) is 0 Å². The van der Waals surface area contributed by atoms with E-state index in [0.717, 1.165) is 28.2 Å². The minimum absolute atomic E-state index is 0.00662. The van der Waals surface area contributed by atoms with Crippen molar-refractivity contribution in [2.75, 3.05) is 26.0 Å². The Bertz CT molecular complexity index is 907. The highest BCUT2D eigenvalue weighted by Crippen LogP contribution is 2.31. The molecule has 0 unspecified atom stereocenters. The molecule has 0 bridgehead atoms. The number of rotatable bonds is 5. The molecule has 3 aromatic rings. The Morgan fingerprint density at radius 1 is 1.15 bits per heavy atom. The Morgan fingerprint density at radius 2 is 1.96 bits per heavy atom. The van der Waals surface area contributed by atoms with Crippen LogP contribution in [-0.4, -0.2) is 41.8 Å². The Kier molecular flexibility index (Phi) is 4.71. The van der Waals surface area contributed by atoms with Gasteiger partial charge in [0.15, 0.2) is 17.1 Å². The zero-order chi connectivity index (χ0) is 17.9. The van der Waals surface area contributed by atoms with E-state index in [1.165, 1.54) is 11.8 Å². The first-order valence-electron chi connectivity index (χ1n) is 8.30. The van der Waals surface area contributed by atoms with E-state index in [1.54, 1.807) is 11.9 Å². The number of hydrogen-bond acceptors (Lipinski definition) is 6. The van der Waals surface area contributed by atoms with Crippen LogP contribution in [-0.2, 0) is 11.3 Å². The van der Waals surface area contributed by atoms with Crippen molar-refractivity contribution < 1.29 is 18.7 Å². The Labute approximate surface area is 155 Å². The molecule has 0 atom stereocenters. The Morgan fingerprint density at radius 3 is 2.81 bits per heavy atom. The van der Waals surface area contributed by atoms with Crippen LogP contribution in [0.25, 0.3) is 11.1 Å². The molecule has 1 aliphatic heterocycles. The summed E-state index contributed by atoms with van der Waals surface area (Å²) in [7, 11) is 1.78. The number of carbonyl (C=O) groups excluding carboxylic acids is 1. The third-order valence-corrected chi connectivity index (χ3v) is 4.86. The molecule has 2 heterocycles. The molecule has 2 aromatic carbocycles. The number of thioether (sulfide) groups is 1. The molecule has 0 spiro atoms. The average Bonchev–Trinajstić information content (AvgIpc) is 3.09. The smallest absolute Gasteiger partial charge is 0.257 e. The normalized spacial score (nSPS) is 13.0. The van der Waals surface area contributed by atoms with Gasteiger partial charge in [-0.05, 0) is 29.8 Å². The molecule has 1 aliphatic rings. The molecule has 6 nitrogen and oxygen atoms in total. The van der Waals surface area contributed by atoms with Crippen molar-refractivity contribution in [1.82, 2.24) is 9.88 Å². The van der Waals surface area contributed by atoms with E-state index in [9.17, 15) is 4.79 Å². The Balaban J connectivity index is 1.35. The summed E-state index contributed by atoms with van der Waals surface area (Å²) in [6, 6.07) is 13.3. The topological polar surface area (TPSA) is 64.8 Å². The number of nitrogens with zero attached hydrogens (tertiary/aromatic N) is 2. The number of oxazole rings is 1. The fourth-order valence-corrected chi connectivity index (χ4v) is 3.47. The lowest BCUT2D eigenvalue weighted by molar-refractivity contribution is -0.127. The van der Waals surface area contributed by atoms with Crippen molar-refractivity contribution >= 4 is 28.8 Å². The van der Waals surface area contributed by atoms with Gasteiger partial charge in [-0.25, -0.2) is 4.98 Å². The second-order valence-corrected chi connectivity index (χ2v) is 6.89. The molecular weight excluding hydrogens is 352 g/mol. The molecule has 26 heavy (non-hydrogen) atoms. The SMILES string of the molecule is CN(Cc1ccc2c(c1)OCCO2)C(=O)CSc1nc2ccccc2o1. The van der Waals surface area contributed by atoms with Crippen LogP contribution >= 0.6 is 11.8 Å². The number of hydrogen-bond donors (Lipinski definition) is 0. The van der Waals surface area contributed by atoms with E-state index in [-0.39, 0.29) is 11.7 Å². The minimum Gasteiger partial charge on any atom is -0.486 e. The van der Waals surface area contributed by atoms with Gasteiger partial charge >= 0.3 is 0 Å². The van der Waals surface area contributed by atoms with E-state index >= 15 is 0 Å². The number of fused-ring (bicyclic) bond motifs is 2. The van der Waals surface area contributed by atoms with Crippen LogP contribution in [0.5, 0.6) is 11.5 Å². The highest BCUT2D eigenvalue weighted by Gasteiger charge is 2.15. The fourth-order valence-electron chi connectivity index (χ4n) is 2.69. The Hall–Kier alpha value is -2.67. The van der Waals surface area contributed by atoms with Gasteiger partial charge in [0.1, 0.15) is 18.7 Å². The number of carbonyl (C=O) groups is 1. The molecule has 1 aromatic heterocycles. The molecule has 0 radical (unpaired) electrons. The standard InChI is InChI=1S/C19H18N2O4S/c1-21(11-13-6-7-16-17(10-13)24-9-8-23-16)18(22)12-26-19-20-14-4-2-3-5-15(14)25-19/h2-7,10H,8-9,11-12H2,1H3. The van der Waals surface area contributed by atoms with E-state index in [2.05, 4.69) is 4.98 Å². The maximum atomic E-state index is 12.4. The second kappa shape index (κ2) is 7.29. The lowest BCUT2D eigenvalue weighted by Gasteiger charge is -2.21. The van der Waals surface area contributed by atoms with Crippen LogP contribution in [0, 0.1) is 0 Å². The molecule has 7 heteroatoms. The lowest BCUT2D eigenvalue weighted by Crippen LogP contribution is -2.27. The second-order valence-electron chi connectivity index (χ2n) is 5.96. The molecular formula is C19H18N2O4S. The van der Waals surface area contributed by atoms with Gasteiger partial charge in [0, 0.05) is 13.6 Å². The maximum absolute atomic E-state index is 12.4. The van der Waals surface area contributed by atoms with E-state index in [1.807, 2.05) is 42.5 Å². The highest BCUT2D eigenvalue weighted by molar-refractivity contribution is 7.99. The van der Waals surface area contributed by atoms with E-state index in [0.29, 0.717) is 25.0 Å². The summed E-state index contributed by atoms with van der Waals surface area (Å²) in [5.41, 5.74) is 2.52. The first-order chi connectivity index (χ1) is 12.7. The quantitative estimate of drug-likeness (QED) is 0.642. The van der Waals surface area contributed by atoms with Gasteiger partial charge < -0.3 is 18.8 Å². The molecule has 4 rings (SSSR count). The number of ether oxygens (including phenoxy) is 2. The largest absolute Gasteiger partial charge is 0.486 e. The summed E-state index contributed by atoms with van der Waals surface area (Å²) in [6.07, 6.45) is 0. The summed E-state index contributed by atoms with van der Waals surface area (Å²) in [4.78, 5) is 18.5. The lowest BCUT2D eigenvalue weighted by atomic mass is 10.2. The molecule has 0 saturated heterocycles. The summed E-state index contributed by atoms with van der Waals surface area (Å²) in [5.74, 6) is 1.76. The predicted molar refractivity (Wildman–Crippen MR) is 98.6 cm³/mol. The molecule has 0 aliphatic carbocycles. The predicted octanol–water partition coefficient (Wildman–Crippen LogP) is 3.35. The zero-order valence-corrected chi connectivity index (χ0v) is 15.1. The first kappa shape index (κ1) is 16.8. The van der Waals surface area contributed by atoms with E-state index in [4.69, 9.17) is 13.9 Å². The van der Waals surface area contributed by atoms with Gasteiger partial charge in [-0.3, -0.25) is 4.79 Å². The summed E-state index contributed by atoms with van der Waals surface area (Å²) < 4.78 is 16.7. The maximum Gasteiger partial charge on any atom is 0.257 e. The van der Waals surface area contributed by atoms with Gasteiger partial charge in [-0.15, -0.1) is 0 Å². The van der Waals surface area contributed by atoms with Crippen molar-refractivity contribution in [2.24, 2.45) is 0 Å². The number of benzene rings is 2. The number of aromatic nitrogens is 1. The number of para-hydroxylation sites is 2. The fraction of sp³-hybridized carbons (Fsp3) is 0.263. The van der Waals surface area contributed by atoms with Crippen molar-refractivity contribution in [3.8, 4) is 11.5 Å². The molecule has 0 saturated carbocycles. The van der Waals surface area contributed by atoms with Gasteiger partial charge in [-0.2, -0.15) is 0 Å². The van der Waals surface area contributed by atoms with Crippen LogP contribution < -0.4 is 9.47 Å². The van der Waals surface area contributed by atoms with Crippen LogP contribution in [0.4, 0.5) is 0 Å².